The van der Waals surface area contributed by atoms with Gasteiger partial charge in [-0.1, -0.05) is 12.8 Å². The zero-order valence-electron chi connectivity index (χ0n) is 11.8. The van der Waals surface area contributed by atoms with Gasteiger partial charge in [0, 0.05) is 6.04 Å². The average Bonchev–Trinajstić information content (AvgIpc) is 2.45. The van der Waals surface area contributed by atoms with E-state index in [1.165, 1.54) is 32.8 Å². The zero-order chi connectivity index (χ0) is 13.8. The first-order valence-electron chi connectivity index (χ1n) is 7.26. The van der Waals surface area contributed by atoms with E-state index in [-0.39, 0.29) is 11.9 Å². The number of carbonyl (C=O) groups excluding carboxylic acids is 2. The number of esters is 1. The van der Waals surface area contributed by atoms with Gasteiger partial charge in [0.05, 0.1) is 13.2 Å². The Kier molecular flexibility index (Phi) is 4.80. The molecule has 1 aliphatic heterocycles. The van der Waals surface area contributed by atoms with Crippen molar-refractivity contribution in [3.05, 3.63) is 0 Å². The Morgan fingerprint density at radius 3 is 2.68 bits per heavy atom. The number of nitrogens with one attached hydrogen (secondary N) is 2. The molecule has 5 nitrogen and oxygen atoms in total. The van der Waals surface area contributed by atoms with Crippen LogP contribution in [0.3, 0.4) is 0 Å². The van der Waals surface area contributed by atoms with Gasteiger partial charge in [0.25, 0.3) is 0 Å². The predicted octanol–water partition coefficient (Wildman–Crippen LogP) is 0.975. The summed E-state index contributed by atoms with van der Waals surface area (Å²) in [4.78, 5) is 23.4. The standard InChI is InChI=1S/C14H24N2O3/c1-9(14(18)19-2)15-13(17)12-8-7-10-5-3-4-6-11(10)16-12/h9-12,16H,3-8H2,1-2H3,(H,15,17)/t9-,10?,11?,12?/m0/s1. The molecule has 5 heteroatoms. The van der Waals surface area contributed by atoms with Crippen LogP contribution in [0.2, 0.25) is 0 Å². The first kappa shape index (κ1) is 14.3. The highest BCUT2D eigenvalue weighted by Gasteiger charge is 2.35. The van der Waals surface area contributed by atoms with Crippen LogP contribution in [0.15, 0.2) is 0 Å². The van der Waals surface area contributed by atoms with Gasteiger partial charge in [-0.25, -0.2) is 4.79 Å². The van der Waals surface area contributed by atoms with Crippen molar-refractivity contribution in [3.8, 4) is 0 Å². The Morgan fingerprint density at radius 2 is 1.95 bits per heavy atom. The first-order chi connectivity index (χ1) is 9.11. The monoisotopic (exact) mass is 268 g/mol. The number of ether oxygens (including phenoxy) is 1. The maximum atomic E-state index is 12.1. The minimum Gasteiger partial charge on any atom is -0.467 e. The van der Waals surface area contributed by atoms with Crippen LogP contribution in [-0.4, -0.2) is 37.1 Å². The van der Waals surface area contributed by atoms with Crippen molar-refractivity contribution < 1.29 is 14.3 Å². The van der Waals surface area contributed by atoms with Gasteiger partial charge in [0.15, 0.2) is 0 Å². The van der Waals surface area contributed by atoms with Gasteiger partial charge in [-0.2, -0.15) is 0 Å². The molecule has 2 rings (SSSR count). The lowest BCUT2D eigenvalue weighted by Gasteiger charge is -2.40. The molecule has 0 aromatic carbocycles. The number of carbonyl (C=O) groups is 2. The molecular formula is C14H24N2O3. The molecule has 2 aliphatic rings. The Hall–Kier alpha value is -1.10. The van der Waals surface area contributed by atoms with Gasteiger partial charge in [-0.15, -0.1) is 0 Å². The van der Waals surface area contributed by atoms with Crippen LogP contribution in [0.5, 0.6) is 0 Å². The number of rotatable bonds is 3. The quantitative estimate of drug-likeness (QED) is 0.749. The van der Waals surface area contributed by atoms with Gasteiger partial charge >= 0.3 is 5.97 Å². The topological polar surface area (TPSA) is 67.4 Å². The molecule has 0 aromatic rings. The summed E-state index contributed by atoms with van der Waals surface area (Å²) in [5.74, 6) is 0.248. The maximum absolute atomic E-state index is 12.1. The number of amides is 1. The fourth-order valence-electron chi connectivity index (χ4n) is 3.25. The molecule has 1 saturated heterocycles. The van der Waals surface area contributed by atoms with Crippen LogP contribution in [0.4, 0.5) is 0 Å². The van der Waals surface area contributed by atoms with Crippen molar-refractivity contribution in [3.63, 3.8) is 0 Å². The Morgan fingerprint density at radius 1 is 1.21 bits per heavy atom. The number of piperidine rings is 1. The molecule has 1 amide bonds. The molecule has 3 unspecified atom stereocenters. The first-order valence-corrected chi connectivity index (χ1v) is 7.26. The largest absolute Gasteiger partial charge is 0.467 e. The molecule has 2 fully saturated rings. The normalized spacial score (nSPS) is 32.0. The summed E-state index contributed by atoms with van der Waals surface area (Å²) < 4.78 is 4.61. The smallest absolute Gasteiger partial charge is 0.328 e. The molecule has 1 saturated carbocycles. The molecule has 0 radical (unpaired) electrons. The van der Waals surface area contributed by atoms with Crippen LogP contribution in [-0.2, 0) is 14.3 Å². The van der Waals surface area contributed by atoms with Crippen molar-refractivity contribution in [2.45, 2.75) is 63.6 Å². The fourth-order valence-corrected chi connectivity index (χ4v) is 3.25. The van der Waals surface area contributed by atoms with Gasteiger partial charge in [-0.3, -0.25) is 4.79 Å². The van der Waals surface area contributed by atoms with Gasteiger partial charge in [0.1, 0.15) is 6.04 Å². The highest BCUT2D eigenvalue weighted by atomic mass is 16.5. The van der Waals surface area contributed by atoms with Crippen molar-refractivity contribution in [2.75, 3.05) is 7.11 Å². The Bertz CT molecular complexity index is 346. The van der Waals surface area contributed by atoms with E-state index in [0.29, 0.717) is 6.04 Å². The van der Waals surface area contributed by atoms with E-state index in [4.69, 9.17) is 0 Å². The van der Waals surface area contributed by atoms with Crippen molar-refractivity contribution >= 4 is 11.9 Å². The number of hydrogen-bond donors (Lipinski definition) is 2. The molecule has 19 heavy (non-hydrogen) atoms. The van der Waals surface area contributed by atoms with E-state index in [1.54, 1.807) is 6.92 Å². The summed E-state index contributed by atoms with van der Waals surface area (Å²) in [6.45, 7) is 1.65. The summed E-state index contributed by atoms with van der Waals surface area (Å²) in [5.41, 5.74) is 0. The van der Waals surface area contributed by atoms with E-state index in [1.807, 2.05) is 0 Å². The highest BCUT2D eigenvalue weighted by molar-refractivity contribution is 5.87. The summed E-state index contributed by atoms with van der Waals surface area (Å²) in [7, 11) is 1.33. The second kappa shape index (κ2) is 6.37. The molecule has 4 atom stereocenters. The highest BCUT2D eigenvalue weighted by Crippen LogP contribution is 2.32. The van der Waals surface area contributed by atoms with Crippen molar-refractivity contribution in [1.29, 1.82) is 0 Å². The number of fused-ring (bicyclic) bond motifs is 1. The molecular weight excluding hydrogens is 244 g/mol. The van der Waals surface area contributed by atoms with E-state index >= 15 is 0 Å². The molecule has 0 spiro atoms. The second-order valence-electron chi connectivity index (χ2n) is 5.70. The molecule has 108 valence electrons. The van der Waals surface area contributed by atoms with Crippen LogP contribution in [0.25, 0.3) is 0 Å². The summed E-state index contributed by atoms with van der Waals surface area (Å²) in [5, 5.41) is 6.17. The molecule has 1 aliphatic carbocycles. The van der Waals surface area contributed by atoms with Crippen molar-refractivity contribution in [2.24, 2.45) is 5.92 Å². The predicted molar refractivity (Wildman–Crippen MR) is 71.5 cm³/mol. The molecule has 0 bridgehead atoms. The lowest BCUT2D eigenvalue weighted by atomic mass is 9.77. The van der Waals surface area contributed by atoms with Gasteiger partial charge < -0.3 is 15.4 Å². The lowest BCUT2D eigenvalue weighted by molar-refractivity contribution is -0.144. The number of hydrogen-bond acceptors (Lipinski definition) is 4. The lowest BCUT2D eigenvalue weighted by Crippen LogP contribution is -2.56. The zero-order valence-corrected chi connectivity index (χ0v) is 11.8. The van der Waals surface area contributed by atoms with E-state index in [0.717, 1.165) is 18.8 Å². The SMILES string of the molecule is COC(=O)[C@H](C)NC(=O)C1CCC2CCCCC2N1. The molecule has 1 heterocycles. The fraction of sp³-hybridized carbons (Fsp3) is 0.857. The van der Waals surface area contributed by atoms with Gasteiger partial charge in [0.2, 0.25) is 5.91 Å². The van der Waals surface area contributed by atoms with Crippen LogP contribution < -0.4 is 10.6 Å². The third-order valence-electron chi connectivity index (χ3n) is 4.38. The van der Waals surface area contributed by atoms with E-state index in [9.17, 15) is 9.59 Å². The van der Waals surface area contributed by atoms with Crippen LogP contribution in [0, 0.1) is 5.92 Å². The second-order valence-corrected chi connectivity index (χ2v) is 5.70. The minimum absolute atomic E-state index is 0.0816. The van der Waals surface area contributed by atoms with E-state index in [2.05, 4.69) is 15.4 Å². The molecule has 2 N–H and O–H groups in total. The Labute approximate surface area is 114 Å². The van der Waals surface area contributed by atoms with Crippen molar-refractivity contribution in [1.82, 2.24) is 10.6 Å². The minimum atomic E-state index is -0.580. The van der Waals surface area contributed by atoms with Crippen LogP contribution in [0.1, 0.15) is 45.4 Å². The third-order valence-corrected chi connectivity index (χ3v) is 4.38. The van der Waals surface area contributed by atoms with E-state index < -0.39 is 12.0 Å². The third kappa shape index (κ3) is 3.47. The summed E-state index contributed by atoms with van der Waals surface area (Å²) in [6.07, 6.45) is 7.00. The summed E-state index contributed by atoms with van der Waals surface area (Å²) >= 11 is 0. The van der Waals surface area contributed by atoms with Crippen LogP contribution >= 0.6 is 0 Å². The molecule has 0 aromatic heterocycles. The average molecular weight is 268 g/mol. The maximum Gasteiger partial charge on any atom is 0.328 e. The number of methoxy groups -OCH3 is 1. The van der Waals surface area contributed by atoms with Gasteiger partial charge in [-0.05, 0) is 38.5 Å². The summed E-state index contributed by atoms with van der Waals surface area (Å²) in [6, 6.07) is -0.262. The Balaban J connectivity index is 1.85.